The van der Waals surface area contributed by atoms with E-state index in [1.807, 2.05) is 25.1 Å². The van der Waals surface area contributed by atoms with Gasteiger partial charge in [-0.2, -0.15) is 5.10 Å². The molecule has 4 nitrogen and oxygen atoms in total. The lowest BCUT2D eigenvalue weighted by Gasteiger charge is -2.06. The molecule has 0 amide bonds. The summed E-state index contributed by atoms with van der Waals surface area (Å²) in [5.41, 5.74) is 4.84. The van der Waals surface area contributed by atoms with Crippen LogP contribution in [0, 0.1) is 20.8 Å². The van der Waals surface area contributed by atoms with E-state index in [4.69, 9.17) is 4.42 Å². The van der Waals surface area contributed by atoms with Gasteiger partial charge >= 0.3 is 0 Å². The Morgan fingerprint density at radius 1 is 1.00 bits per heavy atom. The third-order valence-electron chi connectivity index (χ3n) is 4.10. The smallest absolute Gasteiger partial charge is 0.117 e. The molecule has 23 heavy (non-hydrogen) atoms. The minimum Gasteiger partial charge on any atom is -0.465 e. The van der Waals surface area contributed by atoms with Crippen molar-refractivity contribution in [2.75, 3.05) is 0 Å². The maximum atomic E-state index is 5.58. The van der Waals surface area contributed by atoms with Crippen molar-refractivity contribution in [3.63, 3.8) is 0 Å². The van der Waals surface area contributed by atoms with E-state index in [2.05, 4.69) is 53.2 Å². The second-order valence-electron chi connectivity index (χ2n) is 5.91. The molecule has 0 unspecified atom stereocenters. The molecule has 0 fully saturated rings. The van der Waals surface area contributed by atoms with Gasteiger partial charge < -0.3 is 9.73 Å². The van der Waals surface area contributed by atoms with Crippen LogP contribution in [0.4, 0.5) is 0 Å². The van der Waals surface area contributed by atoms with Crippen molar-refractivity contribution in [1.82, 2.24) is 15.1 Å². The lowest BCUT2D eigenvalue weighted by Crippen LogP contribution is -2.13. The van der Waals surface area contributed by atoms with E-state index < -0.39 is 0 Å². The number of aromatic nitrogens is 2. The Hall–Kier alpha value is -2.33. The van der Waals surface area contributed by atoms with Crippen LogP contribution in [0.1, 0.15) is 34.0 Å². The zero-order chi connectivity index (χ0) is 16.2. The first kappa shape index (κ1) is 15.6. The van der Waals surface area contributed by atoms with Crippen molar-refractivity contribution in [1.29, 1.82) is 0 Å². The van der Waals surface area contributed by atoms with Gasteiger partial charge in [0.1, 0.15) is 11.5 Å². The predicted molar refractivity (Wildman–Crippen MR) is 91.2 cm³/mol. The Bertz CT molecular complexity index is 771. The average Bonchev–Trinajstić information content (AvgIpc) is 3.06. The minimum atomic E-state index is 0.733. The Kier molecular flexibility index (Phi) is 4.63. The van der Waals surface area contributed by atoms with Crippen molar-refractivity contribution >= 4 is 0 Å². The van der Waals surface area contributed by atoms with Gasteiger partial charge in [0.15, 0.2) is 0 Å². The molecule has 0 aliphatic heterocycles. The highest BCUT2D eigenvalue weighted by Gasteiger charge is 2.11. The number of nitrogens with zero attached hydrogens (tertiary/aromatic N) is 2. The molecule has 0 aliphatic rings. The maximum Gasteiger partial charge on any atom is 0.117 e. The number of benzene rings is 1. The number of hydrogen-bond donors (Lipinski definition) is 1. The van der Waals surface area contributed by atoms with E-state index in [0.29, 0.717) is 0 Å². The molecule has 4 heteroatoms. The second kappa shape index (κ2) is 6.84. The fraction of sp³-hybridized carbons (Fsp3) is 0.316. The summed E-state index contributed by atoms with van der Waals surface area (Å²) in [6.07, 6.45) is 0. The first-order chi connectivity index (χ1) is 11.1. The molecule has 0 saturated carbocycles. The summed E-state index contributed by atoms with van der Waals surface area (Å²) in [6, 6.07) is 14.4. The monoisotopic (exact) mass is 309 g/mol. The van der Waals surface area contributed by atoms with Gasteiger partial charge in [0.25, 0.3) is 0 Å². The highest BCUT2D eigenvalue weighted by molar-refractivity contribution is 5.26. The maximum absolute atomic E-state index is 5.58. The Morgan fingerprint density at radius 2 is 1.78 bits per heavy atom. The quantitative estimate of drug-likeness (QED) is 0.754. The number of aryl methyl sites for hydroxylation is 2. The van der Waals surface area contributed by atoms with Gasteiger partial charge in [-0.3, -0.25) is 4.68 Å². The van der Waals surface area contributed by atoms with Gasteiger partial charge in [-0.05, 0) is 38.5 Å². The summed E-state index contributed by atoms with van der Waals surface area (Å²) in [5.74, 6) is 1.92. The standard InChI is InChI=1S/C19H23N3O/c1-14-9-10-18(23-14)11-20-12-19-15(2)21-22(16(19)3)13-17-7-5-4-6-8-17/h4-10,20H,11-13H2,1-3H3. The van der Waals surface area contributed by atoms with E-state index in [9.17, 15) is 0 Å². The van der Waals surface area contributed by atoms with Gasteiger partial charge in [-0.25, -0.2) is 0 Å². The van der Waals surface area contributed by atoms with Crippen molar-refractivity contribution in [2.45, 2.75) is 40.4 Å². The highest BCUT2D eigenvalue weighted by Crippen LogP contribution is 2.15. The van der Waals surface area contributed by atoms with E-state index in [1.165, 1.54) is 16.8 Å². The van der Waals surface area contributed by atoms with E-state index in [0.717, 1.165) is 36.8 Å². The van der Waals surface area contributed by atoms with Crippen LogP contribution in [0.5, 0.6) is 0 Å². The fourth-order valence-corrected chi connectivity index (χ4v) is 2.79. The molecule has 0 spiro atoms. The molecule has 2 heterocycles. The largest absolute Gasteiger partial charge is 0.465 e. The summed E-state index contributed by atoms with van der Waals surface area (Å²) in [6.45, 7) is 8.51. The summed E-state index contributed by atoms with van der Waals surface area (Å²) in [7, 11) is 0. The molecule has 0 bridgehead atoms. The first-order valence-electron chi connectivity index (χ1n) is 7.96. The van der Waals surface area contributed by atoms with Crippen LogP contribution in [0.2, 0.25) is 0 Å². The molecule has 3 aromatic rings. The number of furan rings is 1. The lowest BCUT2D eigenvalue weighted by molar-refractivity contribution is 0.461. The minimum absolute atomic E-state index is 0.733. The van der Waals surface area contributed by atoms with Crippen molar-refractivity contribution in [2.24, 2.45) is 0 Å². The summed E-state index contributed by atoms with van der Waals surface area (Å²) in [4.78, 5) is 0. The van der Waals surface area contributed by atoms with Crippen LogP contribution in [0.25, 0.3) is 0 Å². The molecule has 120 valence electrons. The van der Waals surface area contributed by atoms with Crippen LogP contribution in [-0.2, 0) is 19.6 Å². The van der Waals surface area contributed by atoms with Gasteiger partial charge in [0, 0.05) is 17.8 Å². The van der Waals surface area contributed by atoms with Crippen LogP contribution in [0.3, 0.4) is 0 Å². The lowest BCUT2D eigenvalue weighted by atomic mass is 10.2. The van der Waals surface area contributed by atoms with E-state index >= 15 is 0 Å². The SMILES string of the molecule is Cc1ccc(CNCc2c(C)nn(Cc3ccccc3)c2C)o1. The van der Waals surface area contributed by atoms with Crippen LogP contribution >= 0.6 is 0 Å². The van der Waals surface area contributed by atoms with Crippen LogP contribution < -0.4 is 5.32 Å². The topological polar surface area (TPSA) is 43.0 Å². The molecule has 3 rings (SSSR count). The zero-order valence-corrected chi connectivity index (χ0v) is 14.0. The molecular weight excluding hydrogens is 286 g/mol. The molecule has 1 aromatic carbocycles. The van der Waals surface area contributed by atoms with E-state index in [1.54, 1.807) is 0 Å². The van der Waals surface area contributed by atoms with Gasteiger partial charge in [-0.1, -0.05) is 30.3 Å². The third kappa shape index (κ3) is 3.71. The predicted octanol–water partition coefficient (Wildman–Crippen LogP) is 3.74. The van der Waals surface area contributed by atoms with Crippen LogP contribution in [-0.4, -0.2) is 9.78 Å². The van der Waals surface area contributed by atoms with Crippen molar-refractivity contribution < 1.29 is 4.42 Å². The van der Waals surface area contributed by atoms with E-state index in [-0.39, 0.29) is 0 Å². The Balaban J connectivity index is 1.65. The number of rotatable bonds is 6. The third-order valence-corrected chi connectivity index (χ3v) is 4.10. The average molecular weight is 309 g/mol. The highest BCUT2D eigenvalue weighted by atomic mass is 16.3. The summed E-state index contributed by atoms with van der Waals surface area (Å²) >= 11 is 0. The number of nitrogens with one attached hydrogen (secondary N) is 1. The Labute approximate surface area is 137 Å². The zero-order valence-electron chi connectivity index (χ0n) is 14.0. The fourth-order valence-electron chi connectivity index (χ4n) is 2.79. The van der Waals surface area contributed by atoms with Crippen LogP contribution in [0.15, 0.2) is 46.9 Å². The van der Waals surface area contributed by atoms with Crippen molar-refractivity contribution in [3.8, 4) is 0 Å². The normalized spacial score (nSPS) is 11.1. The summed E-state index contributed by atoms with van der Waals surface area (Å²) < 4.78 is 7.66. The molecule has 0 atom stereocenters. The van der Waals surface area contributed by atoms with Gasteiger partial charge in [-0.15, -0.1) is 0 Å². The molecule has 2 aromatic heterocycles. The van der Waals surface area contributed by atoms with Crippen molar-refractivity contribution in [3.05, 3.63) is 76.5 Å². The summed E-state index contributed by atoms with van der Waals surface area (Å²) in [5, 5.41) is 8.13. The first-order valence-corrected chi connectivity index (χ1v) is 7.96. The molecule has 1 N–H and O–H groups in total. The molecular formula is C19H23N3O. The molecule has 0 aliphatic carbocycles. The Morgan fingerprint density at radius 3 is 2.48 bits per heavy atom. The second-order valence-corrected chi connectivity index (χ2v) is 5.91. The number of hydrogen-bond acceptors (Lipinski definition) is 3. The molecule has 0 saturated heterocycles. The van der Waals surface area contributed by atoms with Gasteiger partial charge in [0.2, 0.25) is 0 Å². The molecule has 0 radical (unpaired) electrons. The van der Waals surface area contributed by atoms with Gasteiger partial charge in [0.05, 0.1) is 18.8 Å².